The number of hydrogen-bond acceptors (Lipinski definition) is 3. The number of nitrogens with one attached hydrogen (secondary N) is 2. The molecule has 19 heavy (non-hydrogen) atoms. The molecule has 1 aromatic carbocycles. The monoisotopic (exact) mass is 282 g/mol. The maximum Gasteiger partial charge on any atom is 0.319 e. The zero-order valence-electron chi connectivity index (χ0n) is 11.3. The van der Waals surface area contributed by atoms with Gasteiger partial charge in [0.05, 0.1) is 0 Å². The van der Waals surface area contributed by atoms with Gasteiger partial charge in [0.2, 0.25) is 0 Å². The largest absolute Gasteiger partial charge is 0.396 e. The highest BCUT2D eigenvalue weighted by Gasteiger charge is 2.01. The Morgan fingerprint density at radius 1 is 1.37 bits per heavy atom. The fraction of sp³-hybridized carbons (Fsp3) is 0.500. The average molecular weight is 282 g/mol. The van der Waals surface area contributed by atoms with Gasteiger partial charge in [-0.3, -0.25) is 0 Å². The maximum atomic E-state index is 11.6. The summed E-state index contributed by atoms with van der Waals surface area (Å²) in [6.07, 6.45) is 1.76. The summed E-state index contributed by atoms with van der Waals surface area (Å²) in [6, 6.07) is 7.68. The third-order valence-corrected chi connectivity index (χ3v) is 3.64. The topological polar surface area (TPSA) is 61.4 Å². The Balaban J connectivity index is 2.19. The van der Waals surface area contributed by atoms with E-state index in [-0.39, 0.29) is 12.6 Å². The van der Waals surface area contributed by atoms with Crippen LogP contribution in [0.1, 0.15) is 18.9 Å². The van der Waals surface area contributed by atoms with Gasteiger partial charge < -0.3 is 15.7 Å². The van der Waals surface area contributed by atoms with Crippen LogP contribution in [-0.4, -0.2) is 35.8 Å². The van der Waals surface area contributed by atoms with Crippen molar-refractivity contribution in [3.8, 4) is 0 Å². The first-order valence-electron chi connectivity index (χ1n) is 6.58. The summed E-state index contributed by atoms with van der Waals surface area (Å²) in [6.45, 7) is 2.95. The molecule has 106 valence electrons. The molecular formula is C14H22N2O2S. The highest BCUT2D eigenvalue weighted by molar-refractivity contribution is 7.99. The molecule has 0 saturated carbocycles. The molecule has 0 aromatic heterocycles. The van der Waals surface area contributed by atoms with Gasteiger partial charge >= 0.3 is 6.03 Å². The summed E-state index contributed by atoms with van der Waals surface area (Å²) in [5, 5.41) is 14.3. The summed E-state index contributed by atoms with van der Waals surface area (Å²) in [5.74, 6) is 1.79. The van der Waals surface area contributed by atoms with Crippen LogP contribution in [0, 0.1) is 0 Å². The van der Waals surface area contributed by atoms with E-state index in [1.165, 1.54) is 5.56 Å². The third kappa shape index (κ3) is 7.08. The normalized spacial score (nSPS) is 10.2. The van der Waals surface area contributed by atoms with E-state index in [4.69, 9.17) is 5.11 Å². The van der Waals surface area contributed by atoms with Gasteiger partial charge in [0, 0.05) is 24.6 Å². The first-order chi connectivity index (χ1) is 9.26. The number of aliphatic hydroxyl groups excluding tert-OH is 1. The van der Waals surface area contributed by atoms with Crippen LogP contribution in [0.25, 0.3) is 0 Å². The maximum absolute atomic E-state index is 11.6. The van der Waals surface area contributed by atoms with Crippen molar-refractivity contribution in [2.45, 2.75) is 19.8 Å². The molecule has 5 heteroatoms. The fourth-order valence-corrected chi connectivity index (χ4v) is 2.33. The van der Waals surface area contributed by atoms with E-state index in [1.807, 2.05) is 24.3 Å². The Labute approximate surface area is 119 Å². The SMILES string of the molecule is CCc1cccc(NC(=O)NCCSCCCO)c1. The van der Waals surface area contributed by atoms with Crippen LogP contribution in [0.5, 0.6) is 0 Å². The summed E-state index contributed by atoms with van der Waals surface area (Å²) in [7, 11) is 0. The lowest BCUT2D eigenvalue weighted by molar-refractivity contribution is 0.252. The van der Waals surface area contributed by atoms with Crippen LogP contribution in [-0.2, 0) is 6.42 Å². The van der Waals surface area contributed by atoms with Crippen molar-refractivity contribution < 1.29 is 9.90 Å². The third-order valence-electron chi connectivity index (χ3n) is 2.57. The number of aliphatic hydroxyl groups is 1. The molecule has 3 N–H and O–H groups in total. The molecule has 0 radical (unpaired) electrons. The van der Waals surface area contributed by atoms with Crippen molar-refractivity contribution in [3.63, 3.8) is 0 Å². The van der Waals surface area contributed by atoms with Crippen molar-refractivity contribution in [1.82, 2.24) is 5.32 Å². The zero-order chi connectivity index (χ0) is 13.9. The molecule has 0 aliphatic rings. The predicted molar refractivity (Wildman–Crippen MR) is 81.9 cm³/mol. The number of hydrogen-bond donors (Lipinski definition) is 3. The minimum Gasteiger partial charge on any atom is -0.396 e. The Morgan fingerprint density at radius 2 is 2.21 bits per heavy atom. The second kappa shape index (κ2) is 9.69. The Bertz CT molecular complexity index is 385. The molecule has 0 bridgehead atoms. The molecule has 0 saturated heterocycles. The number of amides is 2. The molecular weight excluding hydrogens is 260 g/mol. The second-order valence-corrected chi connectivity index (χ2v) is 5.35. The van der Waals surface area contributed by atoms with Crippen LogP contribution < -0.4 is 10.6 Å². The number of carbonyl (C=O) groups is 1. The van der Waals surface area contributed by atoms with Gasteiger partial charge in [0.25, 0.3) is 0 Å². The van der Waals surface area contributed by atoms with E-state index in [0.717, 1.165) is 30.0 Å². The Hall–Kier alpha value is -1.20. The van der Waals surface area contributed by atoms with Gasteiger partial charge in [-0.1, -0.05) is 19.1 Å². The smallest absolute Gasteiger partial charge is 0.319 e. The molecule has 0 spiro atoms. The van der Waals surface area contributed by atoms with Gasteiger partial charge in [-0.2, -0.15) is 11.8 Å². The highest BCUT2D eigenvalue weighted by Crippen LogP contribution is 2.10. The number of rotatable bonds is 8. The molecule has 4 nitrogen and oxygen atoms in total. The van der Waals surface area contributed by atoms with Crippen molar-refractivity contribution in [3.05, 3.63) is 29.8 Å². The van der Waals surface area contributed by atoms with E-state index in [0.29, 0.717) is 6.54 Å². The molecule has 0 unspecified atom stereocenters. The quantitative estimate of drug-likeness (QED) is 0.642. The van der Waals surface area contributed by atoms with E-state index in [1.54, 1.807) is 11.8 Å². The standard InChI is InChI=1S/C14H22N2O2S/c1-2-12-5-3-6-13(11-12)16-14(18)15-7-10-19-9-4-8-17/h3,5-6,11,17H,2,4,7-10H2,1H3,(H2,15,16,18). The number of thioether (sulfide) groups is 1. The molecule has 1 rings (SSSR count). The summed E-state index contributed by atoms with van der Waals surface area (Å²) in [4.78, 5) is 11.6. The molecule has 0 aliphatic carbocycles. The predicted octanol–water partition coefficient (Wildman–Crippen LogP) is 2.49. The zero-order valence-corrected chi connectivity index (χ0v) is 12.1. The van der Waals surface area contributed by atoms with Gasteiger partial charge in [-0.25, -0.2) is 4.79 Å². The van der Waals surface area contributed by atoms with Crippen LogP contribution in [0.2, 0.25) is 0 Å². The number of anilines is 1. The minimum absolute atomic E-state index is 0.170. The average Bonchev–Trinajstić information content (AvgIpc) is 2.43. The van der Waals surface area contributed by atoms with Crippen molar-refractivity contribution in [2.24, 2.45) is 0 Å². The molecule has 0 aliphatic heterocycles. The van der Waals surface area contributed by atoms with Gasteiger partial charge in [-0.15, -0.1) is 0 Å². The van der Waals surface area contributed by atoms with E-state index in [2.05, 4.69) is 17.6 Å². The molecule has 2 amide bonds. The Morgan fingerprint density at radius 3 is 2.95 bits per heavy atom. The lowest BCUT2D eigenvalue weighted by Gasteiger charge is -2.08. The first kappa shape index (κ1) is 15.9. The molecule has 0 heterocycles. The Kier molecular flexibility index (Phi) is 8.09. The number of aryl methyl sites for hydroxylation is 1. The van der Waals surface area contributed by atoms with E-state index in [9.17, 15) is 4.79 Å². The lowest BCUT2D eigenvalue weighted by Crippen LogP contribution is -2.30. The number of carbonyl (C=O) groups excluding carboxylic acids is 1. The van der Waals surface area contributed by atoms with E-state index >= 15 is 0 Å². The van der Waals surface area contributed by atoms with Crippen LogP contribution in [0.4, 0.5) is 10.5 Å². The number of benzene rings is 1. The highest BCUT2D eigenvalue weighted by atomic mass is 32.2. The number of urea groups is 1. The van der Waals surface area contributed by atoms with Crippen LogP contribution in [0.15, 0.2) is 24.3 Å². The first-order valence-corrected chi connectivity index (χ1v) is 7.74. The van der Waals surface area contributed by atoms with Crippen molar-refractivity contribution >= 4 is 23.5 Å². The van der Waals surface area contributed by atoms with Crippen molar-refractivity contribution in [2.75, 3.05) is 30.0 Å². The summed E-state index contributed by atoms with van der Waals surface area (Å²) < 4.78 is 0. The fourth-order valence-electron chi connectivity index (χ4n) is 1.55. The van der Waals surface area contributed by atoms with Gasteiger partial charge in [0.15, 0.2) is 0 Å². The van der Waals surface area contributed by atoms with Gasteiger partial charge in [0.1, 0.15) is 0 Å². The van der Waals surface area contributed by atoms with E-state index < -0.39 is 0 Å². The van der Waals surface area contributed by atoms with Crippen molar-refractivity contribution in [1.29, 1.82) is 0 Å². The second-order valence-electron chi connectivity index (χ2n) is 4.12. The molecule has 1 aromatic rings. The van der Waals surface area contributed by atoms with Crippen LogP contribution in [0.3, 0.4) is 0 Å². The lowest BCUT2D eigenvalue weighted by atomic mass is 10.1. The molecule has 0 atom stereocenters. The summed E-state index contributed by atoms with van der Waals surface area (Å²) >= 11 is 1.73. The molecule has 0 fully saturated rings. The van der Waals surface area contributed by atoms with Gasteiger partial charge in [-0.05, 0) is 36.3 Å². The van der Waals surface area contributed by atoms with Crippen LogP contribution >= 0.6 is 11.8 Å². The minimum atomic E-state index is -0.170. The summed E-state index contributed by atoms with van der Waals surface area (Å²) in [5.41, 5.74) is 2.03.